The zero-order valence-corrected chi connectivity index (χ0v) is 15.4. The highest BCUT2D eigenvalue weighted by Gasteiger charge is 1.96. The molecule has 2 aromatic rings. The van der Waals surface area contributed by atoms with E-state index < -0.39 is 8.83 Å². The minimum atomic E-state index is -0.692. The molecular formula is C21H21ClSi. The topological polar surface area (TPSA) is 0 Å². The fourth-order valence-corrected chi connectivity index (χ4v) is 3.35. The van der Waals surface area contributed by atoms with Crippen molar-refractivity contribution >= 4 is 44.2 Å². The molecule has 0 heterocycles. The molecule has 0 unspecified atom stereocenters. The molecule has 2 rings (SSSR count). The lowest BCUT2D eigenvalue weighted by Gasteiger charge is -2.01. The summed E-state index contributed by atoms with van der Waals surface area (Å²) in [6, 6.07) is 16.7. The van der Waals surface area contributed by atoms with Gasteiger partial charge in [0.25, 0.3) is 0 Å². The maximum Gasteiger partial charge on any atom is 0.152 e. The molecule has 0 aliphatic carbocycles. The van der Waals surface area contributed by atoms with E-state index in [-0.39, 0.29) is 0 Å². The van der Waals surface area contributed by atoms with Crippen molar-refractivity contribution < 1.29 is 0 Å². The van der Waals surface area contributed by atoms with E-state index in [1.54, 1.807) is 0 Å². The van der Waals surface area contributed by atoms with Crippen molar-refractivity contribution in [3.63, 3.8) is 0 Å². The molecule has 0 fully saturated rings. The zero-order chi connectivity index (χ0) is 16.5. The first-order valence-electron chi connectivity index (χ1n) is 7.62. The summed E-state index contributed by atoms with van der Waals surface area (Å²) in [6.07, 6.45) is 11.1. The lowest BCUT2D eigenvalue weighted by atomic mass is 10.1. The van der Waals surface area contributed by atoms with E-state index in [0.717, 1.165) is 17.5 Å². The lowest BCUT2D eigenvalue weighted by Crippen LogP contribution is -1.87. The van der Waals surface area contributed by atoms with Gasteiger partial charge in [0, 0.05) is 0 Å². The molecule has 0 aliphatic rings. The highest BCUT2D eigenvalue weighted by molar-refractivity contribution is 6.98. The van der Waals surface area contributed by atoms with Crippen molar-refractivity contribution in [3.05, 3.63) is 95.2 Å². The van der Waals surface area contributed by atoms with Crippen LogP contribution in [-0.4, -0.2) is 8.83 Å². The molecule has 23 heavy (non-hydrogen) atoms. The largest absolute Gasteiger partial charge is 0.170 e. The Bertz CT molecular complexity index is 707. The molecule has 2 aromatic carbocycles. The minimum Gasteiger partial charge on any atom is -0.170 e. The van der Waals surface area contributed by atoms with Crippen LogP contribution in [0.5, 0.6) is 0 Å². The summed E-state index contributed by atoms with van der Waals surface area (Å²) < 4.78 is 0. The molecule has 0 bridgehead atoms. The van der Waals surface area contributed by atoms with Gasteiger partial charge >= 0.3 is 0 Å². The van der Waals surface area contributed by atoms with Crippen molar-refractivity contribution in [1.29, 1.82) is 0 Å². The van der Waals surface area contributed by atoms with E-state index >= 15 is 0 Å². The molecule has 0 atom stereocenters. The smallest absolute Gasteiger partial charge is 0.152 e. The summed E-state index contributed by atoms with van der Waals surface area (Å²) in [5, 5.41) is 1.33. The first kappa shape index (κ1) is 17.3. The third-order valence-corrected chi connectivity index (χ3v) is 5.44. The summed E-state index contributed by atoms with van der Waals surface area (Å²) in [5.74, 6) is 0. The van der Waals surface area contributed by atoms with Crippen molar-refractivity contribution in [2.75, 3.05) is 0 Å². The van der Waals surface area contributed by atoms with E-state index in [0.29, 0.717) is 0 Å². The van der Waals surface area contributed by atoms with Crippen molar-refractivity contribution in [3.8, 4) is 0 Å². The van der Waals surface area contributed by atoms with Gasteiger partial charge in [-0.15, -0.1) is 0 Å². The van der Waals surface area contributed by atoms with Gasteiger partial charge in [0.05, 0.1) is 0 Å². The Labute approximate surface area is 146 Å². The van der Waals surface area contributed by atoms with Gasteiger partial charge < -0.3 is 0 Å². The number of hydrogen-bond donors (Lipinski definition) is 0. The van der Waals surface area contributed by atoms with Gasteiger partial charge in [-0.1, -0.05) is 97.3 Å². The molecule has 0 saturated heterocycles. The van der Waals surface area contributed by atoms with Crippen molar-refractivity contribution in [2.45, 2.75) is 6.42 Å². The van der Waals surface area contributed by atoms with Gasteiger partial charge in [0.2, 0.25) is 0 Å². The quantitative estimate of drug-likeness (QED) is 0.446. The van der Waals surface area contributed by atoms with Crippen LogP contribution in [0.25, 0.3) is 24.3 Å². The fraction of sp³-hybridized carbons (Fsp3) is 0.0476. The molecule has 0 N–H and O–H groups in total. The maximum absolute atomic E-state index is 6.21. The predicted molar refractivity (Wildman–Crippen MR) is 109 cm³/mol. The summed E-state index contributed by atoms with van der Waals surface area (Å²) in [7, 11) is -0.692. The molecule has 116 valence electrons. The highest BCUT2D eigenvalue weighted by Crippen LogP contribution is 2.14. The van der Waals surface area contributed by atoms with Crippen molar-refractivity contribution in [1.82, 2.24) is 0 Å². The van der Waals surface area contributed by atoms with Gasteiger partial charge in [0.1, 0.15) is 0 Å². The lowest BCUT2D eigenvalue weighted by molar-refractivity contribution is 1.38. The molecule has 0 aliphatic heterocycles. The Morgan fingerprint density at radius 2 is 1.30 bits per heavy atom. The summed E-state index contributed by atoms with van der Waals surface area (Å²) in [5.41, 5.74) is 4.66. The highest BCUT2D eigenvalue weighted by atomic mass is 35.6. The first-order valence-corrected chi connectivity index (χ1v) is 10.5. The van der Waals surface area contributed by atoms with Crippen LogP contribution < -0.4 is 0 Å². The average Bonchev–Trinajstić information content (AvgIpc) is 2.62. The summed E-state index contributed by atoms with van der Waals surface area (Å²) in [4.78, 5) is 0. The number of hydrogen-bond acceptors (Lipinski definition) is 0. The minimum absolute atomic E-state index is 0.692. The predicted octanol–water partition coefficient (Wildman–Crippen LogP) is 5.74. The molecule has 2 heteroatoms. The van der Waals surface area contributed by atoms with E-state index in [1.807, 2.05) is 12.2 Å². The number of allylic oxidation sites excluding steroid dienone is 2. The molecular weight excluding hydrogens is 316 g/mol. The number of rotatable bonds is 7. The van der Waals surface area contributed by atoms with Crippen LogP contribution in [0.3, 0.4) is 0 Å². The second-order valence-corrected chi connectivity index (χ2v) is 7.26. The Hall–Kier alpha value is -2.09. The third kappa shape index (κ3) is 5.55. The van der Waals surface area contributed by atoms with Crippen LogP contribution >= 0.6 is 11.1 Å². The van der Waals surface area contributed by atoms with E-state index in [9.17, 15) is 0 Å². The molecule has 0 saturated carbocycles. The Morgan fingerprint density at radius 3 is 1.78 bits per heavy atom. The fourth-order valence-electron chi connectivity index (χ4n) is 2.21. The summed E-state index contributed by atoms with van der Waals surface area (Å²) >= 11 is 6.21. The number of halogens is 1. The Balaban J connectivity index is 2.02. The van der Waals surface area contributed by atoms with E-state index in [1.165, 1.54) is 16.3 Å². The average molecular weight is 337 g/mol. The van der Waals surface area contributed by atoms with Crippen LogP contribution in [-0.2, 0) is 0 Å². The van der Waals surface area contributed by atoms with E-state index in [2.05, 4.69) is 79.9 Å². The van der Waals surface area contributed by atoms with Gasteiger partial charge in [-0.25, -0.2) is 0 Å². The SMILES string of the molecule is C=Cc1ccc(C=CCC(=Cc2ccc(C=C)cc2)[SiH2]Cl)cc1. The van der Waals surface area contributed by atoms with Gasteiger partial charge in [-0.3, -0.25) is 0 Å². The summed E-state index contributed by atoms with van der Waals surface area (Å²) in [6.45, 7) is 7.54. The molecule has 0 radical (unpaired) electrons. The molecule has 0 spiro atoms. The maximum atomic E-state index is 6.21. The Kier molecular flexibility index (Phi) is 6.86. The van der Waals surface area contributed by atoms with Crippen LogP contribution in [0.2, 0.25) is 0 Å². The third-order valence-electron chi connectivity index (χ3n) is 3.58. The first-order chi connectivity index (χ1) is 11.2. The number of benzene rings is 2. The van der Waals surface area contributed by atoms with Gasteiger partial charge in [-0.2, -0.15) is 11.1 Å². The van der Waals surface area contributed by atoms with Gasteiger partial charge in [-0.05, 0) is 28.7 Å². The molecule has 0 aromatic heterocycles. The van der Waals surface area contributed by atoms with Crippen LogP contribution in [0.1, 0.15) is 28.7 Å². The normalized spacial score (nSPS) is 12.1. The Morgan fingerprint density at radius 1 is 0.826 bits per heavy atom. The van der Waals surface area contributed by atoms with Gasteiger partial charge in [0.15, 0.2) is 8.83 Å². The van der Waals surface area contributed by atoms with Crippen LogP contribution in [0.4, 0.5) is 0 Å². The molecule has 0 amide bonds. The van der Waals surface area contributed by atoms with Crippen molar-refractivity contribution in [2.24, 2.45) is 0 Å². The van der Waals surface area contributed by atoms with E-state index in [4.69, 9.17) is 11.1 Å². The standard InChI is InChI=1S/C21H21ClSi/c1-3-17-8-12-19(13-9-17)6-5-7-21(23-22)16-20-14-10-18(4-2)11-15-20/h3-6,8-16H,1-2,7,23H2. The second-order valence-electron chi connectivity index (χ2n) is 5.28. The van der Waals surface area contributed by atoms with Crippen LogP contribution in [0.15, 0.2) is 73.0 Å². The van der Waals surface area contributed by atoms with Crippen LogP contribution in [0, 0.1) is 0 Å². The monoisotopic (exact) mass is 336 g/mol. The second kappa shape index (κ2) is 9.14. The molecule has 0 nitrogen and oxygen atoms in total. The zero-order valence-electron chi connectivity index (χ0n) is 13.2.